The SMILES string of the molecule is Cc1ccnc(NC2CCC(F)C2)n1. The monoisotopic (exact) mass is 195 g/mol. The molecular weight excluding hydrogens is 181 g/mol. The smallest absolute Gasteiger partial charge is 0.223 e. The first-order valence-electron chi connectivity index (χ1n) is 4.94. The molecule has 76 valence electrons. The summed E-state index contributed by atoms with van der Waals surface area (Å²) in [6.45, 7) is 1.92. The van der Waals surface area contributed by atoms with Gasteiger partial charge in [-0.25, -0.2) is 14.4 Å². The molecule has 1 N–H and O–H groups in total. The molecule has 1 aromatic heterocycles. The summed E-state index contributed by atoms with van der Waals surface area (Å²) in [5.74, 6) is 0.615. The molecule has 1 aliphatic carbocycles. The number of alkyl halides is 1. The van der Waals surface area contributed by atoms with Gasteiger partial charge in [0.15, 0.2) is 0 Å². The molecule has 14 heavy (non-hydrogen) atoms. The van der Waals surface area contributed by atoms with Gasteiger partial charge in [0.05, 0.1) is 0 Å². The molecule has 0 spiro atoms. The van der Waals surface area contributed by atoms with E-state index in [0.29, 0.717) is 18.8 Å². The number of anilines is 1. The van der Waals surface area contributed by atoms with Crippen LogP contribution in [0.15, 0.2) is 12.3 Å². The van der Waals surface area contributed by atoms with Gasteiger partial charge in [0.25, 0.3) is 0 Å². The van der Waals surface area contributed by atoms with Crippen molar-refractivity contribution in [3.05, 3.63) is 18.0 Å². The maximum absolute atomic E-state index is 12.9. The fraction of sp³-hybridized carbons (Fsp3) is 0.600. The predicted octanol–water partition coefficient (Wildman–Crippen LogP) is 2.09. The molecule has 1 aliphatic rings. The lowest BCUT2D eigenvalue weighted by atomic mass is 10.2. The highest BCUT2D eigenvalue weighted by Gasteiger charge is 2.24. The predicted molar refractivity (Wildman–Crippen MR) is 52.9 cm³/mol. The lowest BCUT2D eigenvalue weighted by Crippen LogP contribution is -2.17. The molecule has 0 saturated heterocycles. The van der Waals surface area contributed by atoms with Crippen LogP contribution in [0.2, 0.25) is 0 Å². The fourth-order valence-electron chi connectivity index (χ4n) is 1.76. The Morgan fingerprint density at radius 3 is 3.00 bits per heavy atom. The molecule has 1 saturated carbocycles. The van der Waals surface area contributed by atoms with Crippen LogP contribution in [0.4, 0.5) is 10.3 Å². The van der Waals surface area contributed by atoms with E-state index in [0.717, 1.165) is 12.1 Å². The topological polar surface area (TPSA) is 37.8 Å². The molecule has 2 unspecified atom stereocenters. The summed E-state index contributed by atoms with van der Waals surface area (Å²) in [6.07, 6.45) is 3.17. The number of halogens is 1. The van der Waals surface area contributed by atoms with Crippen molar-refractivity contribution in [2.45, 2.75) is 38.4 Å². The molecule has 1 aromatic rings. The van der Waals surface area contributed by atoms with E-state index in [1.807, 2.05) is 13.0 Å². The van der Waals surface area contributed by atoms with Crippen LogP contribution in [-0.4, -0.2) is 22.2 Å². The first kappa shape index (κ1) is 9.37. The Bertz CT molecular complexity index is 316. The molecule has 4 heteroatoms. The summed E-state index contributed by atoms with van der Waals surface area (Å²) in [5.41, 5.74) is 0.928. The van der Waals surface area contributed by atoms with Crippen LogP contribution < -0.4 is 5.32 Å². The molecule has 0 amide bonds. The highest BCUT2D eigenvalue weighted by Crippen LogP contribution is 2.23. The Morgan fingerprint density at radius 2 is 2.36 bits per heavy atom. The van der Waals surface area contributed by atoms with Crippen LogP contribution in [0.25, 0.3) is 0 Å². The van der Waals surface area contributed by atoms with Gasteiger partial charge in [-0.2, -0.15) is 0 Å². The van der Waals surface area contributed by atoms with Gasteiger partial charge in [-0.05, 0) is 32.3 Å². The van der Waals surface area contributed by atoms with Gasteiger partial charge < -0.3 is 5.32 Å². The summed E-state index contributed by atoms with van der Waals surface area (Å²) in [6, 6.07) is 2.05. The normalized spacial score (nSPS) is 26.4. The number of hydrogen-bond acceptors (Lipinski definition) is 3. The van der Waals surface area contributed by atoms with E-state index in [4.69, 9.17) is 0 Å². The molecule has 0 aliphatic heterocycles. The highest BCUT2D eigenvalue weighted by molar-refractivity contribution is 5.26. The van der Waals surface area contributed by atoms with Gasteiger partial charge in [0, 0.05) is 17.9 Å². The third-order valence-corrected chi connectivity index (χ3v) is 2.50. The fourth-order valence-corrected chi connectivity index (χ4v) is 1.76. The van der Waals surface area contributed by atoms with Crippen molar-refractivity contribution in [3.63, 3.8) is 0 Å². The average molecular weight is 195 g/mol. The summed E-state index contributed by atoms with van der Waals surface area (Å²) in [7, 11) is 0. The van der Waals surface area contributed by atoms with Crippen LogP contribution in [-0.2, 0) is 0 Å². The van der Waals surface area contributed by atoms with Crippen LogP contribution in [0.5, 0.6) is 0 Å². The number of rotatable bonds is 2. The van der Waals surface area contributed by atoms with Crippen LogP contribution in [0.3, 0.4) is 0 Å². The van der Waals surface area contributed by atoms with Crippen molar-refractivity contribution in [2.24, 2.45) is 0 Å². The van der Waals surface area contributed by atoms with Crippen molar-refractivity contribution in [2.75, 3.05) is 5.32 Å². The summed E-state index contributed by atoms with van der Waals surface area (Å²) >= 11 is 0. The third-order valence-electron chi connectivity index (χ3n) is 2.50. The minimum Gasteiger partial charge on any atom is -0.351 e. The largest absolute Gasteiger partial charge is 0.351 e. The molecule has 3 nitrogen and oxygen atoms in total. The second kappa shape index (κ2) is 3.90. The Kier molecular flexibility index (Phi) is 2.61. The first-order valence-corrected chi connectivity index (χ1v) is 4.94. The molecule has 1 heterocycles. The van der Waals surface area contributed by atoms with Gasteiger partial charge in [0.2, 0.25) is 5.95 Å². The van der Waals surface area contributed by atoms with E-state index >= 15 is 0 Å². The molecule has 0 aromatic carbocycles. The van der Waals surface area contributed by atoms with E-state index < -0.39 is 6.17 Å². The zero-order chi connectivity index (χ0) is 9.97. The lowest BCUT2D eigenvalue weighted by Gasteiger charge is -2.11. The van der Waals surface area contributed by atoms with Gasteiger partial charge in [0.1, 0.15) is 6.17 Å². The highest BCUT2D eigenvalue weighted by atomic mass is 19.1. The van der Waals surface area contributed by atoms with Gasteiger partial charge in [-0.15, -0.1) is 0 Å². The first-order chi connectivity index (χ1) is 6.74. The van der Waals surface area contributed by atoms with E-state index in [-0.39, 0.29) is 6.04 Å². The number of nitrogens with zero attached hydrogens (tertiary/aromatic N) is 2. The zero-order valence-electron chi connectivity index (χ0n) is 8.20. The summed E-state index contributed by atoms with van der Waals surface area (Å²) in [4.78, 5) is 8.30. The third kappa shape index (κ3) is 2.19. The van der Waals surface area contributed by atoms with E-state index in [1.165, 1.54) is 0 Å². The maximum atomic E-state index is 12.9. The van der Waals surface area contributed by atoms with Crippen molar-refractivity contribution >= 4 is 5.95 Å². The van der Waals surface area contributed by atoms with Crippen LogP contribution in [0, 0.1) is 6.92 Å². The van der Waals surface area contributed by atoms with Gasteiger partial charge >= 0.3 is 0 Å². The molecule has 2 rings (SSSR count). The van der Waals surface area contributed by atoms with E-state index in [2.05, 4.69) is 15.3 Å². The van der Waals surface area contributed by atoms with E-state index in [1.54, 1.807) is 6.20 Å². The Balaban J connectivity index is 1.97. The second-order valence-electron chi connectivity index (χ2n) is 3.77. The van der Waals surface area contributed by atoms with Crippen molar-refractivity contribution < 1.29 is 4.39 Å². The van der Waals surface area contributed by atoms with Crippen molar-refractivity contribution in [1.82, 2.24) is 9.97 Å². The lowest BCUT2D eigenvalue weighted by molar-refractivity contribution is 0.341. The average Bonchev–Trinajstić information content (AvgIpc) is 2.51. The summed E-state index contributed by atoms with van der Waals surface area (Å²) in [5, 5.41) is 3.15. The minimum absolute atomic E-state index is 0.201. The minimum atomic E-state index is -0.655. The zero-order valence-corrected chi connectivity index (χ0v) is 8.20. The number of aryl methyl sites for hydroxylation is 1. The quantitative estimate of drug-likeness (QED) is 0.785. The Hall–Kier alpha value is -1.19. The van der Waals surface area contributed by atoms with Gasteiger partial charge in [-0.3, -0.25) is 0 Å². The standard InChI is InChI=1S/C10H14FN3/c1-7-4-5-12-10(13-7)14-9-3-2-8(11)6-9/h4-5,8-9H,2-3,6H2,1H3,(H,12,13,14). The molecule has 0 bridgehead atoms. The molecule has 1 fully saturated rings. The maximum Gasteiger partial charge on any atom is 0.223 e. The number of nitrogens with one attached hydrogen (secondary N) is 1. The molecule has 0 radical (unpaired) electrons. The molecular formula is C10H14FN3. The van der Waals surface area contributed by atoms with Crippen LogP contribution >= 0.6 is 0 Å². The number of aromatic nitrogens is 2. The molecule has 2 atom stereocenters. The van der Waals surface area contributed by atoms with Crippen molar-refractivity contribution in [3.8, 4) is 0 Å². The van der Waals surface area contributed by atoms with Crippen molar-refractivity contribution in [1.29, 1.82) is 0 Å². The summed E-state index contributed by atoms with van der Waals surface area (Å²) < 4.78 is 12.9. The van der Waals surface area contributed by atoms with Crippen LogP contribution in [0.1, 0.15) is 25.0 Å². The number of hydrogen-bond donors (Lipinski definition) is 1. The second-order valence-corrected chi connectivity index (χ2v) is 3.77. The van der Waals surface area contributed by atoms with E-state index in [9.17, 15) is 4.39 Å². The Labute approximate surface area is 82.8 Å². The Morgan fingerprint density at radius 1 is 1.50 bits per heavy atom. The van der Waals surface area contributed by atoms with Gasteiger partial charge in [-0.1, -0.05) is 0 Å².